The van der Waals surface area contributed by atoms with Gasteiger partial charge in [0, 0.05) is 45.4 Å². The van der Waals surface area contributed by atoms with Crippen molar-refractivity contribution in [1.82, 2.24) is 20.3 Å². The Morgan fingerprint density at radius 1 is 1.05 bits per heavy atom. The Bertz CT molecular complexity index is 1350. The van der Waals surface area contributed by atoms with Crippen molar-refractivity contribution in [2.75, 3.05) is 26.2 Å². The van der Waals surface area contributed by atoms with Crippen molar-refractivity contribution in [2.45, 2.75) is 61.9 Å². The zero-order chi connectivity index (χ0) is 29.2. The monoisotopic (exact) mass is 583 g/mol. The van der Waals surface area contributed by atoms with E-state index in [0.29, 0.717) is 37.8 Å². The minimum Gasteiger partial charge on any atom is -0.480 e. The molecule has 2 aromatic carbocycles. The van der Waals surface area contributed by atoms with Gasteiger partial charge in [0.05, 0.1) is 4.90 Å². The first-order valence-electron chi connectivity index (χ1n) is 14.0. The average molecular weight is 584 g/mol. The fourth-order valence-corrected chi connectivity index (χ4v) is 6.65. The van der Waals surface area contributed by atoms with Gasteiger partial charge >= 0.3 is 5.97 Å². The maximum Gasteiger partial charge on any atom is 0.326 e. The van der Waals surface area contributed by atoms with Gasteiger partial charge in [-0.05, 0) is 48.9 Å². The molecule has 0 radical (unpaired) electrons. The molecule has 4 rings (SSSR count). The summed E-state index contributed by atoms with van der Waals surface area (Å²) in [5.74, 6) is -0.943. The second-order valence-corrected chi connectivity index (χ2v) is 12.2. The lowest BCUT2D eigenvalue weighted by atomic mass is 10.0. The standard InChI is InChI=1S/C29H37N5O6S/c35-23(7-4-15-30-29-31-16-6-17-32-29)19-21-11-13-22(14-12-21)20-25(28(37)38)33-27(36)26-10-5-18-34(26)41(39,40)24-8-2-1-3-9-24/h1-3,8-9,11-14,25-26H,4-7,10,15-20H2,(H,33,36)(H,37,38)(H2,30,31,32)/t25?,26-/m0/s1. The fraction of sp³-hybridized carbons (Fsp3) is 0.448. The molecule has 11 nitrogen and oxygen atoms in total. The maximum atomic E-state index is 13.1. The number of carbonyl (C=O) groups excluding carboxylic acids is 2. The van der Waals surface area contributed by atoms with Crippen molar-refractivity contribution in [2.24, 2.45) is 4.99 Å². The summed E-state index contributed by atoms with van der Waals surface area (Å²) in [5, 5.41) is 18.7. The number of rotatable bonds is 13. The number of amides is 1. The van der Waals surface area contributed by atoms with Crippen LogP contribution >= 0.6 is 0 Å². The third-order valence-electron chi connectivity index (χ3n) is 7.16. The number of guanidine groups is 1. The number of nitrogens with one attached hydrogen (secondary N) is 3. The van der Waals surface area contributed by atoms with Gasteiger partial charge in [0.1, 0.15) is 17.9 Å². The largest absolute Gasteiger partial charge is 0.480 e. The molecular weight excluding hydrogens is 546 g/mol. The number of Topliss-reactive ketones (excluding diaryl/α,β-unsaturated/α-hetero) is 1. The molecule has 2 aliphatic rings. The van der Waals surface area contributed by atoms with E-state index >= 15 is 0 Å². The van der Waals surface area contributed by atoms with Crippen molar-refractivity contribution in [3.63, 3.8) is 0 Å². The zero-order valence-corrected chi connectivity index (χ0v) is 23.7. The molecule has 4 N–H and O–H groups in total. The highest BCUT2D eigenvalue weighted by Crippen LogP contribution is 2.26. The quantitative estimate of drug-likeness (QED) is 0.258. The summed E-state index contributed by atoms with van der Waals surface area (Å²) in [6.07, 6.45) is 3.29. The van der Waals surface area contributed by atoms with Crippen molar-refractivity contribution in [3.05, 3.63) is 65.7 Å². The number of hydrogen-bond donors (Lipinski definition) is 4. The fourth-order valence-electron chi connectivity index (χ4n) is 4.97. The normalized spacial score (nSPS) is 18.1. The Labute approximate surface area is 240 Å². The number of hydrogen-bond acceptors (Lipinski definition) is 8. The number of nitrogens with zero attached hydrogens (tertiary/aromatic N) is 2. The molecular formula is C29H37N5O6S. The van der Waals surface area contributed by atoms with E-state index in [1.165, 1.54) is 12.1 Å². The van der Waals surface area contributed by atoms with Crippen LogP contribution in [-0.2, 0) is 37.2 Å². The van der Waals surface area contributed by atoms with E-state index in [0.717, 1.165) is 35.3 Å². The highest BCUT2D eigenvalue weighted by Gasteiger charge is 2.40. The lowest BCUT2D eigenvalue weighted by Gasteiger charge is -2.25. The topological polar surface area (TPSA) is 157 Å². The minimum atomic E-state index is -3.89. The first-order valence-corrected chi connectivity index (χ1v) is 15.4. The van der Waals surface area contributed by atoms with Crippen LogP contribution in [0.4, 0.5) is 0 Å². The third-order valence-corrected chi connectivity index (χ3v) is 9.08. The van der Waals surface area contributed by atoms with E-state index in [-0.39, 0.29) is 30.1 Å². The Morgan fingerprint density at radius 2 is 1.78 bits per heavy atom. The van der Waals surface area contributed by atoms with E-state index in [1.807, 2.05) is 0 Å². The number of aliphatic imine (C=N–C) groups is 1. The van der Waals surface area contributed by atoms with Gasteiger partial charge in [-0.1, -0.05) is 42.5 Å². The molecule has 2 aromatic rings. The number of carbonyl (C=O) groups is 3. The van der Waals surface area contributed by atoms with E-state index in [2.05, 4.69) is 20.9 Å². The molecule has 1 amide bonds. The Balaban J connectivity index is 1.28. The van der Waals surface area contributed by atoms with Crippen LogP contribution in [0.3, 0.4) is 0 Å². The molecule has 1 unspecified atom stereocenters. The predicted octanol–water partition coefficient (Wildman–Crippen LogP) is 1.48. The van der Waals surface area contributed by atoms with E-state index < -0.39 is 34.0 Å². The van der Waals surface area contributed by atoms with Crippen LogP contribution in [0.1, 0.15) is 43.2 Å². The second-order valence-electron chi connectivity index (χ2n) is 10.3. The Hall–Kier alpha value is -3.77. The number of benzene rings is 2. The highest BCUT2D eigenvalue weighted by atomic mass is 32.2. The van der Waals surface area contributed by atoms with Crippen LogP contribution in [0.15, 0.2) is 64.5 Å². The average Bonchev–Trinajstić information content (AvgIpc) is 3.48. The van der Waals surface area contributed by atoms with Crippen molar-refractivity contribution in [1.29, 1.82) is 0 Å². The number of carboxylic acids is 1. The summed E-state index contributed by atoms with van der Waals surface area (Å²) in [4.78, 5) is 41.9. The molecule has 0 aliphatic carbocycles. The van der Waals surface area contributed by atoms with Crippen molar-refractivity contribution >= 4 is 33.6 Å². The summed E-state index contributed by atoms with van der Waals surface area (Å²) in [7, 11) is -3.89. The Morgan fingerprint density at radius 3 is 2.46 bits per heavy atom. The molecule has 0 aromatic heterocycles. The first-order chi connectivity index (χ1) is 19.7. The van der Waals surface area contributed by atoms with Crippen LogP contribution in [-0.4, -0.2) is 79.7 Å². The van der Waals surface area contributed by atoms with Gasteiger partial charge in [-0.3, -0.25) is 14.6 Å². The van der Waals surface area contributed by atoms with Crippen LogP contribution < -0.4 is 16.0 Å². The lowest BCUT2D eigenvalue weighted by molar-refractivity contribution is -0.142. The van der Waals surface area contributed by atoms with Gasteiger partial charge in [-0.15, -0.1) is 0 Å². The molecule has 1 fully saturated rings. The summed E-state index contributed by atoms with van der Waals surface area (Å²) in [6.45, 7) is 2.56. The van der Waals surface area contributed by atoms with Crippen LogP contribution in [0, 0.1) is 0 Å². The third kappa shape index (κ3) is 8.37. The smallest absolute Gasteiger partial charge is 0.326 e. The molecule has 0 spiro atoms. The highest BCUT2D eigenvalue weighted by molar-refractivity contribution is 7.89. The number of carboxylic acid groups (broad SMARTS) is 1. The molecule has 0 bridgehead atoms. The van der Waals surface area contributed by atoms with Gasteiger partial charge in [0.15, 0.2) is 5.96 Å². The molecule has 12 heteroatoms. The molecule has 220 valence electrons. The van der Waals surface area contributed by atoms with Gasteiger partial charge in [0.25, 0.3) is 0 Å². The molecule has 2 atom stereocenters. The molecule has 1 saturated heterocycles. The van der Waals surface area contributed by atoms with E-state index in [1.54, 1.807) is 42.5 Å². The van der Waals surface area contributed by atoms with Crippen molar-refractivity contribution < 1.29 is 27.9 Å². The van der Waals surface area contributed by atoms with Crippen LogP contribution in [0.25, 0.3) is 0 Å². The molecule has 2 heterocycles. The summed E-state index contributed by atoms with van der Waals surface area (Å²) in [6, 6.07) is 12.8. The second kappa shape index (κ2) is 14.2. The maximum absolute atomic E-state index is 13.1. The zero-order valence-electron chi connectivity index (χ0n) is 22.9. The molecule has 41 heavy (non-hydrogen) atoms. The summed E-state index contributed by atoms with van der Waals surface area (Å²) >= 11 is 0. The van der Waals surface area contributed by atoms with Gasteiger partial charge in [-0.2, -0.15) is 4.31 Å². The molecule has 2 aliphatic heterocycles. The number of aliphatic carboxylic acids is 1. The van der Waals surface area contributed by atoms with Crippen LogP contribution in [0.2, 0.25) is 0 Å². The first kappa shape index (κ1) is 30.2. The summed E-state index contributed by atoms with van der Waals surface area (Å²) < 4.78 is 27.4. The molecule has 0 saturated carbocycles. The van der Waals surface area contributed by atoms with Gasteiger partial charge in [0.2, 0.25) is 15.9 Å². The van der Waals surface area contributed by atoms with E-state index in [4.69, 9.17) is 0 Å². The summed E-state index contributed by atoms with van der Waals surface area (Å²) in [5.41, 5.74) is 1.51. The predicted molar refractivity (Wildman–Crippen MR) is 154 cm³/mol. The van der Waals surface area contributed by atoms with Crippen LogP contribution in [0.5, 0.6) is 0 Å². The van der Waals surface area contributed by atoms with Gasteiger partial charge in [-0.25, -0.2) is 13.2 Å². The van der Waals surface area contributed by atoms with E-state index in [9.17, 15) is 27.9 Å². The number of ketones is 1. The number of sulfonamides is 1. The lowest BCUT2D eigenvalue weighted by Crippen LogP contribution is -2.51. The Kier molecular flexibility index (Phi) is 10.5. The minimum absolute atomic E-state index is 0.0248. The van der Waals surface area contributed by atoms with Gasteiger partial charge < -0.3 is 21.1 Å². The van der Waals surface area contributed by atoms with Crippen molar-refractivity contribution in [3.8, 4) is 0 Å². The SMILES string of the molecule is O=C(CCCNC1=NCCCN1)Cc1ccc(CC(NC(=O)[C@@H]2CCCN2S(=O)(=O)c2ccccc2)C(=O)O)cc1.